The zero-order valence-corrected chi connectivity index (χ0v) is 27.8. The van der Waals surface area contributed by atoms with Gasteiger partial charge in [0.25, 0.3) is 0 Å². The zero-order chi connectivity index (χ0) is 28.1. The van der Waals surface area contributed by atoms with Gasteiger partial charge >= 0.3 is 0 Å². The van der Waals surface area contributed by atoms with Gasteiger partial charge in [-0.15, -0.1) is 37.2 Å². The highest BCUT2D eigenvalue weighted by Crippen LogP contribution is 2.53. The maximum Gasteiger partial charge on any atom is 0.138 e. The Balaban J connectivity index is 0.00000176. The van der Waals surface area contributed by atoms with E-state index >= 15 is 0 Å². The molecule has 1 saturated heterocycles. The number of halogens is 3. The maximum absolute atomic E-state index is 5.40. The number of aromatic amines is 1. The largest absolute Gasteiger partial charge is 0.340 e. The molecule has 0 amide bonds. The highest BCUT2D eigenvalue weighted by atomic mass is 35.5. The van der Waals surface area contributed by atoms with Crippen molar-refractivity contribution in [3.05, 3.63) is 138 Å². The Labute approximate surface area is 281 Å². The van der Waals surface area contributed by atoms with Crippen LogP contribution >= 0.6 is 37.2 Å². The second-order valence-electron chi connectivity index (χ2n) is 11.2. The third-order valence-corrected chi connectivity index (χ3v) is 8.91. The molecule has 0 bridgehead atoms. The molecule has 1 aromatic heterocycles. The SMILES string of the molecule is CCC(C)C(c1[nH]c(-c2ccccc2)nc1-c1ccccc1)(C(c1ccccc1)c1ccccc1)N1CCNCC1.Cl.Cl.Cl. The van der Waals surface area contributed by atoms with E-state index in [4.69, 9.17) is 4.98 Å². The minimum atomic E-state index is -0.384. The van der Waals surface area contributed by atoms with Crippen molar-refractivity contribution in [3.8, 4) is 22.6 Å². The van der Waals surface area contributed by atoms with Crippen molar-refractivity contribution in [1.82, 2.24) is 20.2 Å². The number of benzene rings is 4. The Kier molecular flexibility index (Phi) is 13.1. The minimum absolute atomic E-state index is 0. The summed E-state index contributed by atoms with van der Waals surface area (Å²) in [6.45, 7) is 8.65. The minimum Gasteiger partial charge on any atom is -0.340 e. The van der Waals surface area contributed by atoms with Crippen molar-refractivity contribution in [2.75, 3.05) is 26.2 Å². The first-order chi connectivity index (χ1) is 20.2. The molecule has 4 aromatic carbocycles. The number of aromatic nitrogens is 2. The number of hydrogen-bond acceptors (Lipinski definition) is 3. The van der Waals surface area contributed by atoms with Crippen molar-refractivity contribution in [2.24, 2.45) is 5.92 Å². The van der Waals surface area contributed by atoms with Gasteiger partial charge in [-0.2, -0.15) is 0 Å². The third kappa shape index (κ3) is 6.75. The first kappa shape index (κ1) is 35.4. The summed E-state index contributed by atoms with van der Waals surface area (Å²) in [7, 11) is 0. The molecule has 2 unspecified atom stereocenters. The second-order valence-corrected chi connectivity index (χ2v) is 11.2. The number of H-pyrrole nitrogens is 1. The van der Waals surface area contributed by atoms with Gasteiger partial charge in [-0.1, -0.05) is 142 Å². The van der Waals surface area contributed by atoms with Crippen molar-refractivity contribution < 1.29 is 0 Å². The molecule has 2 N–H and O–H groups in total. The predicted octanol–water partition coefficient (Wildman–Crippen LogP) is 8.99. The van der Waals surface area contributed by atoms with E-state index in [1.807, 2.05) is 0 Å². The predicted molar refractivity (Wildman–Crippen MR) is 192 cm³/mol. The number of piperazine rings is 1. The molecule has 1 aliphatic heterocycles. The molecule has 2 heterocycles. The van der Waals surface area contributed by atoms with Crippen molar-refractivity contribution in [1.29, 1.82) is 0 Å². The van der Waals surface area contributed by atoms with Gasteiger partial charge in [0.05, 0.1) is 16.9 Å². The molecule has 7 heteroatoms. The summed E-state index contributed by atoms with van der Waals surface area (Å²) < 4.78 is 0. The fraction of sp³-hybridized carbons (Fsp3) is 0.270. The van der Waals surface area contributed by atoms with Crippen LogP contribution in [0.5, 0.6) is 0 Å². The van der Waals surface area contributed by atoms with E-state index in [2.05, 4.69) is 150 Å². The zero-order valence-electron chi connectivity index (χ0n) is 25.4. The van der Waals surface area contributed by atoms with Crippen LogP contribution in [0, 0.1) is 5.92 Å². The van der Waals surface area contributed by atoms with Crippen LogP contribution in [0.1, 0.15) is 43.0 Å². The molecule has 2 atom stereocenters. The third-order valence-electron chi connectivity index (χ3n) is 8.91. The lowest BCUT2D eigenvalue weighted by molar-refractivity contribution is 0.00406. The second kappa shape index (κ2) is 16.3. The van der Waals surface area contributed by atoms with E-state index in [-0.39, 0.29) is 48.7 Å². The van der Waals surface area contributed by atoms with Crippen LogP contribution in [-0.4, -0.2) is 41.0 Å². The molecule has 5 aromatic rings. The summed E-state index contributed by atoms with van der Waals surface area (Å²) in [6.07, 6.45) is 1.04. The summed E-state index contributed by atoms with van der Waals surface area (Å²) >= 11 is 0. The summed E-state index contributed by atoms with van der Waals surface area (Å²) in [4.78, 5) is 12.2. The Morgan fingerprint density at radius 1 is 0.682 bits per heavy atom. The van der Waals surface area contributed by atoms with E-state index in [1.54, 1.807) is 0 Å². The molecule has 0 radical (unpaired) electrons. The van der Waals surface area contributed by atoms with E-state index in [1.165, 1.54) is 16.8 Å². The number of imidazole rings is 1. The highest BCUT2D eigenvalue weighted by Gasteiger charge is 2.53. The number of nitrogens with one attached hydrogen (secondary N) is 2. The van der Waals surface area contributed by atoms with E-state index in [0.717, 1.165) is 55.2 Å². The van der Waals surface area contributed by atoms with Crippen LogP contribution in [0.3, 0.4) is 0 Å². The quantitative estimate of drug-likeness (QED) is 0.168. The fourth-order valence-electron chi connectivity index (χ4n) is 6.87. The normalized spacial score (nSPS) is 15.2. The van der Waals surface area contributed by atoms with Crippen LogP contribution in [-0.2, 0) is 5.54 Å². The molecule has 0 spiro atoms. The molecule has 1 aliphatic rings. The standard InChI is InChI=1S/C37H40N4.3ClH/c1-3-28(2)37(41-26-24-38-25-27-41,33(29-16-8-4-9-17-29)30-18-10-5-11-19-30)35-34(31-20-12-6-13-21-31)39-36(40-35)32-22-14-7-15-23-32;;;/h4-23,28,33,38H,3,24-27H2,1-2H3,(H,39,40);3*1H. The van der Waals surface area contributed by atoms with Crippen LogP contribution in [0.4, 0.5) is 0 Å². The summed E-state index contributed by atoms with van der Waals surface area (Å²) in [5.74, 6) is 1.32. The average molecular weight is 650 g/mol. The van der Waals surface area contributed by atoms with Gasteiger partial charge in [0.15, 0.2) is 0 Å². The summed E-state index contributed by atoms with van der Waals surface area (Å²) in [6, 6.07) is 43.5. The molecule has 4 nitrogen and oxygen atoms in total. The van der Waals surface area contributed by atoms with Crippen LogP contribution in [0.2, 0.25) is 0 Å². The van der Waals surface area contributed by atoms with Gasteiger partial charge in [-0.05, 0) is 17.0 Å². The van der Waals surface area contributed by atoms with Crippen molar-refractivity contribution in [2.45, 2.75) is 31.7 Å². The lowest BCUT2D eigenvalue weighted by Gasteiger charge is -2.54. The van der Waals surface area contributed by atoms with Crippen LogP contribution in [0.15, 0.2) is 121 Å². The van der Waals surface area contributed by atoms with Crippen molar-refractivity contribution in [3.63, 3.8) is 0 Å². The lowest BCUT2D eigenvalue weighted by atomic mass is 9.64. The first-order valence-electron chi connectivity index (χ1n) is 15.0. The van der Waals surface area contributed by atoms with Crippen LogP contribution < -0.4 is 5.32 Å². The van der Waals surface area contributed by atoms with Gasteiger partial charge < -0.3 is 10.3 Å². The molecular formula is C37H43Cl3N4. The lowest BCUT2D eigenvalue weighted by Crippen LogP contribution is -2.60. The molecule has 6 rings (SSSR count). The monoisotopic (exact) mass is 648 g/mol. The number of nitrogens with zero attached hydrogens (tertiary/aromatic N) is 2. The summed E-state index contributed by atoms with van der Waals surface area (Å²) in [5, 5.41) is 3.62. The fourth-order valence-corrected chi connectivity index (χ4v) is 6.87. The number of rotatable bonds is 9. The van der Waals surface area contributed by atoms with Crippen LogP contribution in [0.25, 0.3) is 22.6 Å². The van der Waals surface area contributed by atoms with Crippen molar-refractivity contribution >= 4 is 37.2 Å². The average Bonchev–Trinajstić information content (AvgIpc) is 3.51. The highest BCUT2D eigenvalue weighted by molar-refractivity contribution is 5.86. The first-order valence-corrected chi connectivity index (χ1v) is 15.0. The van der Waals surface area contributed by atoms with Gasteiger partial charge in [0.2, 0.25) is 0 Å². The molecule has 1 fully saturated rings. The Bertz CT molecular complexity index is 1490. The molecule has 0 aliphatic carbocycles. The van der Waals surface area contributed by atoms with Gasteiger partial charge in [0.1, 0.15) is 5.82 Å². The van der Waals surface area contributed by atoms with E-state index in [9.17, 15) is 0 Å². The maximum atomic E-state index is 5.40. The Morgan fingerprint density at radius 3 is 1.61 bits per heavy atom. The Hall–Kier alpha value is -3.12. The Morgan fingerprint density at radius 2 is 1.14 bits per heavy atom. The topological polar surface area (TPSA) is 44.0 Å². The van der Waals surface area contributed by atoms with E-state index in [0.29, 0.717) is 5.92 Å². The molecule has 0 saturated carbocycles. The van der Waals surface area contributed by atoms with Gasteiger partial charge in [-0.3, -0.25) is 4.90 Å². The molecular weight excluding hydrogens is 607 g/mol. The van der Waals surface area contributed by atoms with Gasteiger partial charge in [-0.25, -0.2) is 4.98 Å². The molecule has 232 valence electrons. The number of hydrogen-bond donors (Lipinski definition) is 2. The molecule has 44 heavy (non-hydrogen) atoms. The van der Waals surface area contributed by atoms with Gasteiger partial charge in [0, 0.05) is 43.2 Å². The summed E-state index contributed by atoms with van der Waals surface area (Å²) in [5.41, 5.74) is 6.76. The smallest absolute Gasteiger partial charge is 0.138 e. The van der Waals surface area contributed by atoms with E-state index < -0.39 is 0 Å².